The second-order valence-corrected chi connectivity index (χ2v) is 5.56. The molecule has 21 heavy (non-hydrogen) atoms. The van der Waals surface area contributed by atoms with Crippen molar-refractivity contribution in [3.05, 3.63) is 22.9 Å². The van der Waals surface area contributed by atoms with Crippen LogP contribution < -0.4 is 0 Å². The van der Waals surface area contributed by atoms with E-state index in [-0.39, 0.29) is 29.0 Å². The average Bonchev–Trinajstić information content (AvgIpc) is 2.85. The normalized spacial score (nSPS) is 17.2. The van der Waals surface area contributed by atoms with E-state index in [1.807, 2.05) is 6.07 Å². The zero-order valence-corrected chi connectivity index (χ0v) is 12.5. The van der Waals surface area contributed by atoms with Gasteiger partial charge in [0.25, 0.3) is 0 Å². The van der Waals surface area contributed by atoms with Crippen LogP contribution in [0.3, 0.4) is 0 Å². The lowest BCUT2D eigenvalue weighted by molar-refractivity contribution is -0.137. The van der Waals surface area contributed by atoms with E-state index >= 15 is 0 Å². The molecule has 0 bridgehead atoms. The Morgan fingerprint density at radius 2 is 2.43 bits per heavy atom. The molecule has 1 aliphatic heterocycles. The fourth-order valence-corrected chi connectivity index (χ4v) is 2.96. The van der Waals surface area contributed by atoms with Crippen molar-refractivity contribution in [1.29, 1.82) is 5.26 Å². The minimum Gasteiger partial charge on any atom is -0.465 e. The van der Waals surface area contributed by atoms with Gasteiger partial charge < -0.3 is 9.47 Å². The van der Waals surface area contributed by atoms with Crippen LogP contribution in [-0.4, -0.2) is 35.4 Å². The van der Waals surface area contributed by atoms with Crippen LogP contribution in [0.4, 0.5) is 0 Å². The molecule has 0 unspecified atom stereocenters. The fraction of sp³-hybridized carbons (Fsp3) is 0.429. The van der Waals surface area contributed by atoms with E-state index in [0.717, 1.165) is 0 Å². The first-order valence-corrected chi connectivity index (χ1v) is 7.37. The first-order chi connectivity index (χ1) is 10.1. The maximum atomic E-state index is 11.8. The van der Waals surface area contributed by atoms with E-state index in [2.05, 4.69) is 4.98 Å². The quantitative estimate of drug-likeness (QED) is 0.784. The number of hydrogen-bond donors (Lipinski definition) is 0. The van der Waals surface area contributed by atoms with E-state index in [9.17, 15) is 14.9 Å². The number of aryl methyl sites for hydroxylation is 1. The zero-order chi connectivity index (χ0) is 15.4. The SMILES string of the molecule is CCOC(=O)c1cc(C#N)c(S[C@H]2CCOC2=O)nc1C. The number of nitrogens with zero attached hydrogens (tertiary/aromatic N) is 2. The lowest BCUT2D eigenvalue weighted by atomic mass is 10.1. The molecule has 0 saturated carbocycles. The Hall–Kier alpha value is -2.07. The molecule has 1 aliphatic rings. The van der Waals surface area contributed by atoms with Gasteiger partial charge >= 0.3 is 11.9 Å². The van der Waals surface area contributed by atoms with Crippen molar-refractivity contribution in [2.75, 3.05) is 13.2 Å². The highest BCUT2D eigenvalue weighted by molar-refractivity contribution is 8.00. The fourth-order valence-electron chi connectivity index (χ4n) is 1.89. The van der Waals surface area contributed by atoms with Gasteiger partial charge in [0.15, 0.2) is 0 Å². The van der Waals surface area contributed by atoms with Crippen molar-refractivity contribution < 1.29 is 19.1 Å². The predicted octanol–water partition coefficient (Wildman–Crippen LogP) is 1.85. The third-order valence-corrected chi connectivity index (χ3v) is 4.18. The monoisotopic (exact) mass is 306 g/mol. The van der Waals surface area contributed by atoms with E-state index in [1.54, 1.807) is 13.8 Å². The Kier molecular flexibility index (Phi) is 4.81. The molecule has 0 spiro atoms. The lowest BCUT2D eigenvalue weighted by Crippen LogP contribution is -2.12. The van der Waals surface area contributed by atoms with Crippen LogP contribution in [0, 0.1) is 18.3 Å². The Morgan fingerprint density at radius 3 is 3.00 bits per heavy atom. The van der Waals surface area contributed by atoms with Crippen LogP contribution in [0.25, 0.3) is 0 Å². The molecule has 1 fully saturated rings. The van der Waals surface area contributed by atoms with Crippen molar-refractivity contribution in [2.45, 2.75) is 30.5 Å². The third kappa shape index (κ3) is 3.34. The number of nitriles is 1. The van der Waals surface area contributed by atoms with E-state index < -0.39 is 5.97 Å². The predicted molar refractivity (Wildman–Crippen MR) is 74.9 cm³/mol. The number of carbonyl (C=O) groups is 2. The number of hydrogen-bond acceptors (Lipinski definition) is 7. The van der Waals surface area contributed by atoms with Crippen molar-refractivity contribution in [1.82, 2.24) is 4.98 Å². The first kappa shape index (κ1) is 15.3. The summed E-state index contributed by atoms with van der Waals surface area (Å²) in [4.78, 5) is 27.6. The largest absolute Gasteiger partial charge is 0.465 e. The van der Waals surface area contributed by atoms with Gasteiger partial charge in [0.05, 0.1) is 30.0 Å². The molecule has 0 N–H and O–H groups in total. The Balaban J connectivity index is 2.31. The molecule has 0 amide bonds. The van der Waals surface area contributed by atoms with Crippen LogP contribution in [0.15, 0.2) is 11.1 Å². The number of ether oxygens (including phenoxy) is 2. The number of aromatic nitrogens is 1. The molecule has 2 heterocycles. The highest BCUT2D eigenvalue weighted by atomic mass is 32.2. The van der Waals surface area contributed by atoms with E-state index in [0.29, 0.717) is 23.7 Å². The Morgan fingerprint density at radius 1 is 1.67 bits per heavy atom. The van der Waals surface area contributed by atoms with Crippen molar-refractivity contribution >= 4 is 23.7 Å². The van der Waals surface area contributed by atoms with Gasteiger partial charge in [0.2, 0.25) is 0 Å². The van der Waals surface area contributed by atoms with Crippen molar-refractivity contribution in [3.63, 3.8) is 0 Å². The minimum atomic E-state index is -0.504. The maximum absolute atomic E-state index is 11.8. The number of thioether (sulfide) groups is 1. The lowest BCUT2D eigenvalue weighted by Gasteiger charge is -2.10. The molecular formula is C14H14N2O4S. The molecule has 6 nitrogen and oxygen atoms in total. The van der Waals surface area contributed by atoms with Crippen molar-refractivity contribution in [3.8, 4) is 6.07 Å². The molecule has 2 rings (SSSR count). The molecule has 1 aromatic rings. The second kappa shape index (κ2) is 6.59. The van der Waals surface area contributed by atoms with Crippen LogP contribution in [-0.2, 0) is 14.3 Å². The summed E-state index contributed by atoms with van der Waals surface area (Å²) in [5, 5.41) is 9.30. The summed E-state index contributed by atoms with van der Waals surface area (Å²) >= 11 is 1.20. The zero-order valence-electron chi connectivity index (χ0n) is 11.7. The van der Waals surface area contributed by atoms with Gasteiger partial charge in [-0.3, -0.25) is 4.79 Å². The summed E-state index contributed by atoms with van der Waals surface area (Å²) in [6.07, 6.45) is 0.592. The van der Waals surface area contributed by atoms with Crippen LogP contribution in [0.2, 0.25) is 0 Å². The number of rotatable bonds is 4. The molecule has 1 saturated heterocycles. The standard InChI is InChI=1S/C14H14N2O4S/c1-3-19-13(17)10-6-9(7-15)12(16-8(10)2)21-11-4-5-20-14(11)18/h6,11H,3-5H2,1-2H3/t11-/m0/s1. The molecule has 110 valence electrons. The smallest absolute Gasteiger partial charge is 0.340 e. The van der Waals surface area contributed by atoms with Gasteiger partial charge in [0, 0.05) is 6.42 Å². The maximum Gasteiger partial charge on any atom is 0.340 e. The van der Waals surface area contributed by atoms with Crippen LogP contribution in [0.5, 0.6) is 0 Å². The third-order valence-electron chi connectivity index (χ3n) is 2.94. The molecule has 1 atom stereocenters. The summed E-state index contributed by atoms with van der Waals surface area (Å²) < 4.78 is 9.82. The topological polar surface area (TPSA) is 89.3 Å². The summed E-state index contributed by atoms with van der Waals surface area (Å²) in [6.45, 7) is 4.02. The average molecular weight is 306 g/mol. The summed E-state index contributed by atoms with van der Waals surface area (Å²) in [5.41, 5.74) is 1.00. The van der Waals surface area contributed by atoms with Gasteiger partial charge in [0.1, 0.15) is 16.3 Å². The Labute approximate surface area is 126 Å². The summed E-state index contributed by atoms with van der Waals surface area (Å²) in [7, 11) is 0. The molecule has 0 radical (unpaired) electrons. The highest BCUT2D eigenvalue weighted by Gasteiger charge is 2.29. The molecule has 0 aromatic carbocycles. The van der Waals surface area contributed by atoms with Gasteiger partial charge in [-0.1, -0.05) is 11.8 Å². The first-order valence-electron chi connectivity index (χ1n) is 6.49. The summed E-state index contributed by atoms with van der Waals surface area (Å²) in [6, 6.07) is 3.47. The molecule has 0 aliphatic carbocycles. The summed E-state index contributed by atoms with van der Waals surface area (Å²) in [5.74, 6) is -0.798. The molecular weight excluding hydrogens is 292 g/mol. The molecule has 7 heteroatoms. The molecule has 1 aromatic heterocycles. The van der Waals surface area contributed by atoms with E-state index in [4.69, 9.17) is 9.47 Å². The van der Waals surface area contributed by atoms with Crippen molar-refractivity contribution in [2.24, 2.45) is 0 Å². The van der Waals surface area contributed by atoms with Crippen LogP contribution >= 0.6 is 11.8 Å². The highest BCUT2D eigenvalue weighted by Crippen LogP contribution is 2.31. The van der Waals surface area contributed by atoms with Gasteiger partial charge in [-0.2, -0.15) is 5.26 Å². The Bertz CT molecular complexity index is 624. The number of cyclic esters (lactones) is 1. The second-order valence-electron chi connectivity index (χ2n) is 4.37. The van der Waals surface area contributed by atoms with Gasteiger partial charge in [-0.25, -0.2) is 9.78 Å². The number of esters is 2. The van der Waals surface area contributed by atoms with Crippen LogP contribution in [0.1, 0.15) is 35.0 Å². The number of carbonyl (C=O) groups excluding carboxylic acids is 2. The van der Waals surface area contributed by atoms with E-state index in [1.165, 1.54) is 17.8 Å². The van der Waals surface area contributed by atoms with Gasteiger partial charge in [-0.05, 0) is 19.9 Å². The minimum absolute atomic E-state index is 0.255. The number of pyridine rings is 1. The van der Waals surface area contributed by atoms with Gasteiger partial charge in [-0.15, -0.1) is 0 Å².